The molecule has 0 saturated heterocycles. The lowest BCUT2D eigenvalue weighted by molar-refractivity contribution is 0.414. The molecule has 0 aromatic heterocycles. The molecule has 158 valence electrons. The normalized spacial score (nSPS) is 16.9. The van der Waals surface area contributed by atoms with Crippen LogP contribution in [0, 0.1) is 0 Å². The van der Waals surface area contributed by atoms with Crippen LogP contribution in [0.1, 0.15) is 56.7 Å². The maximum atomic E-state index is 6.54. The largest absolute Gasteiger partial charge is 0.543 e. The zero-order chi connectivity index (χ0) is 21.2. The fourth-order valence-electron chi connectivity index (χ4n) is 3.87. The molecular formula is C25H37NO2Si. The highest BCUT2D eigenvalue weighted by Crippen LogP contribution is 2.40. The van der Waals surface area contributed by atoms with Crippen LogP contribution in [0.2, 0.25) is 18.1 Å². The van der Waals surface area contributed by atoms with E-state index in [-0.39, 0.29) is 5.04 Å². The Morgan fingerprint density at radius 2 is 1.76 bits per heavy atom. The van der Waals surface area contributed by atoms with Crippen LogP contribution in [0.4, 0.5) is 5.69 Å². The first-order chi connectivity index (χ1) is 13.6. The molecule has 1 unspecified atom stereocenters. The summed E-state index contributed by atoms with van der Waals surface area (Å²) in [7, 11) is -0.0758. The lowest BCUT2D eigenvalue weighted by Gasteiger charge is -2.37. The average Bonchev–Trinajstić information content (AvgIpc) is 2.66. The number of ether oxygens (including phenoxy) is 1. The molecule has 29 heavy (non-hydrogen) atoms. The second kappa shape index (κ2) is 8.43. The van der Waals surface area contributed by atoms with E-state index in [9.17, 15) is 0 Å². The third-order valence-corrected chi connectivity index (χ3v) is 11.0. The van der Waals surface area contributed by atoms with Crippen molar-refractivity contribution >= 4 is 14.0 Å². The van der Waals surface area contributed by atoms with Gasteiger partial charge in [0.15, 0.2) is 0 Å². The minimum absolute atomic E-state index is 0.213. The smallest absolute Gasteiger partial charge is 0.250 e. The molecule has 1 aliphatic carbocycles. The first kappa shape index (κ1) is 21.8. The van der Waals surface area contributed by atoms with E-state index in [1.54, 1.807) is 7.11 Å². The van der Waals surface area contributed by atoms with Gasteiger partial charge in [-0.3, -0.25) is 0 Å². The molecule has 4 heteroatoms. The van der Waals surface area contributed by atoms with Crippen molar-refractivity contribution in [3.05, 3.63) is 53.1 Å². The van der Waals surface area contributed by atoms with Gasteiger partial charge in [-0.1, -0.05) is 32.9 Å². The molecule has 1 atom stereocenters. The van der Waals surface area contributed by atoms with Crippen molar-refractivity contribution in [2.24, 2.45) is 0 Å². The summed E-state index contributed by atoms with van der Waals surface area (Å²) in [6.07, 6.45) is 3.36. The van der Waals surface area contributed by atoms with E-state index >= 15 is 0 Å². The number of nitrogens with one attached hydrogen (secondary N) is 1. The number of hydrogen-bond donors (Lipinski definition) is 1. The zero-order valence-electron chi connectivity index (χ0n) is 19.2. The molecule has 0 heterocycles. The van der Waals surface area contributed by atoms with Crippen LogP contribution in [-0.4, -0.2) is 22.0 Å². The lowest BCUT2D eigenvalue weighted by Crippen LogP contribution is -2.43. The van der Waals surface area contributed by atoms with Crippen LogP contribution in [0.15, 0.2) is 36.4 Å². The molecule has 3 rings (SSSR count). The summed E-state index contributed by atoms with van der Waals surface area (Å²) >= 11 is 0. The molecule has 0 saturated carbocycles. The minimum Gasteiger partial charge on any atom is -0.543 e. The summed E-state index contributed by atoms with van der Waals surface area (Å²) in [6.45, 7) is 14.6. The van der Waals surface area contributed by atoms with Crippen LogP contribution < -0.4 is 14.5 Å². The fourth-order valence-corrected chi connectivity index (χ4v) is 4.89. The molecule has 1 N–H and O–H groups in total. The summed E-state index contributed by atoms with van der Waals surface area (Å²) in [5.74, 6) is 2.49. The Labute approximate surface area is 178 Å². The van der Waals surface area contributed by atoms with E-state index < -0.39 is 8.32 Å². The van der Waals surface area contributed by atoms with Gasteiger partial charge in [0.2, 0.25) is 8.32 Å². The average molecular weight is 412 g/mol. The van der Waals surface area contributed by atoms with Crippen molar-refractivity contribution in [2.45, 2.75) is 71.0 Å². The van der Waals surface area contributed by atoms with Gasteiger partial charge in [0.25, 0.3) is 0 Å². The Balaban J connectivity index is 1.81. The third-order valence-electron chi connectivity index (χ3n) is 6.65. The maximum absolute atomic E-state index is 6.54. The van der Waals surface area contributed by atoms with Crippen molar-refractivity contribution in [1.29, 1.82) is 0 Å². The molecule has 1 aliphatic rings. The fraction of sp³-hybridized carbons (Fsp3) is 0.520. The molecule has 0 aliphatic heterocycles. The van der Waals surface area contributed by atoms with Crippen molar-refractivity contribution in [2.75, 3.05) is 19.0 Å². The lowest BCUT2D eigenvalue weighted by atomic mass is 9.79. The van der Waals surface area contributed by atoms with Crippen molar-refractivity contribution in [3.63, 3.8) is 0 Å². The van der Waals surface area contributed by atoms with Gasteiger partial charge >= 0.3 is 0 Å². The Morgan fingerprint density at radius 3 is 2.41 bits per heavy atom. The maximum Gasteiger partial charge on any atom is 0.250 e. The van der Waals surface area contributed by atoms with Crippen LogP contribution >= 0.6 is 0 Å². The van der Waals surface area contributed by atoms with Gasteiger partial charge < -0.3 is 14.5 Å². The highest BCUT2D eigenvalue weighted by atomic mass is 28.4. The van der Waals surface area contributed by atoms with Gasteiger partial charge in [-0.2, -0.15) is 0 Å². The summed E-state index contributed by atoms with van der Waals surface area (Å²) in [5, 5.41) is 3.74. The standard InChI is InChI=1S/C25H37NO2Si/c1-8-26-24-17-21(27-5)13-14-23(24)20-10-9-19-16-22(12-11-18(19)15-20)28-29(6,7)25(2,3)4/h11-14,16-17,20,26H,8-10,15H2,1-7H3. The zero-order valence-corrected chi connectivity index (χ0v) is 20.2. The van der Waals surface area contributed by atoms with Crippen molar-refractivity contribution < 1.29 is 9.16 Å². The topological polar surface area (TPSA) is 30.5 Å². The van der Waals surface area contributed by atoms with E-state index in [1.165, 1.54) is 28.8 Å². The van der Waals surface area contributed by atoms with E-state index in [2.05, 4.69) is 82.5 Å². The van der Waals surface area contributed by atoms with Crippen LogP contribution in [0.25, 0.3) is 0 Å². The number of fused-ring (bicyclic) bond motifs is 1. The van der Waals surface area contributed by atoms with Gasteiger partial charge in [-0.15, -0.1) is 0 Å². The van der Waals surface area contributed by atoms with Gasteiger partial charge in [-0.25, -0.2) is 0 Å². The second-order valence-corrected chi connectivity index (χ2v) is 14.4. The van der Waals surface area contributed by atoms with Crippen molar-refractivity contribution in [3.8, 4) is 11.5 Å². The Hall–Kier alpha value is -1.94. The molecular weight excluding hydrogens is 374 g/mol. The molecule has 0 spiro atoms. The minimum atomic E-state index is -1.80. The molecule has 2 aromatic rings. The Bertz CT molecular complexity index is 854. The van der Waals surface area contributed by atoms with E-state index in [4.69, 9.17) is 9.16 Å². The van der Waals surface area contributed by atoms with Crippen LogP contribution in [0.3, 0.4) is 0 Å². The number of hydrogen-bond acceptors (Lipinski definition) is 3. The predicted molar refractivity (Wildman–Crippen MR) is 126 cm³/mol. The van der Waals surface area contributed by atoms with E-state index in [0.717, 1.165) is 30.9 Å². The first-order valence-electron chi connectivity index (χ1n) is 10.9. The summed E-state index contributed by atoms with van der Waals surface area (Å²) in [5.41, 5.74) is 5.52. The van der Waals surface area contributed by atoms with E-state index in [0.29, 0.717) is 5.92 Å². The first-order valence-corrected chi connectivity index (χ1v) is 13.8. The number of benzene rings is 2. The summed E-state index contributed by atoms with van der Waals surface area (Å²) in [4.78, 5) is 0. The summed E-state index contributed by atoms with van der Waals surface area (Å²) in [6, 6.07) is 13.2. The van der Waals surface area contributed by atoms with Gasteiger partial charge in [-0.05, 0) is 85.1 Å². The third kappa shape index (κ3) is 4.80. The monoisotopic (exact) mass is 411 g/mol. The SMILES string of the molecule is CCNc1cc(OC)ccc1C1CCc2cc(O[Si](C)(C)C(C)(C)C)ccc2C1. The van der Waals surface area contributed by atoms with Gasteiger partial charge in [0, 0.05) is 18.3 Å². The number of anilines is 1. The Kier molecular flexibility index (Phi) is 6.32. The summed E-state index contributed by atoms with van der Waals surface area (Å²) < 4.78 is 12.0. The van der Waals surface area contributed by atoms with Crippen LogP contribution in [-0.2, 0) is 12.8 Å². The highest BCUT2D eigenvalue weighted by molar-refractivity contribution is 6.74. The van der Waals surface area contributed by atoms with Crippen LogP contribution in [0.5, 0.6) is 11.5 Å². The van der Waals surface area contributed by atoms with Gasteiger partial charge in [0.05, 0.1) is 7.11 Å². The predicted octanol–water partition coefficient (Wildman–Crippen LogP) is 6.78. The highest BCUT2D eigenvalue weighted by Gasteiger charge is 2.39. The molecule has 3 nitrogen and oxygen atoms in total. The quantitative estimate of drug-likeness (QED) is 0.531. The Morgan fingerprint density at radius 1 is 1.03 bits per heavy atom. The molecule has 0 radical (unpaired) electrons. The number of methoxy groups -OCH3 is 1. The molecule has 0 amide bonds. The van der Waals surface area contributed by atoms with Gasteiger partial charge in [0.1, 0.15) is 11.5 Å². The van der Waals surface area contributed by atoms with Crippen molar-refractivity contribution in [1.82, 2.24) is 0 Å². The molecule has 0 bridgehead atoms. The second-order valence-electron chi connectivity index (χ2n) is 9.72. The molecule has 0 fully saturated rings. The number of aryl methyl sites for hydroxylation is 1. The van der Waals surface area contributed by atoms with E-state index in [1.807, 2.05) is 0 Å². The number of rotatable bonds is 6. The molecule has 2 aromatic carbocycles.